The Balaban J connectivity index is 1.76. The molecule has 0 heterocycles. The van der Waals surface area contributed by atoms with E-state index in [1.807, 2.05) is 6.08 Å². The lowest BCUT2D eigenvalue weighted by Gasteiger charge is -2.19. The van der Waals surface area contributed by atoms with Gasteiger partial charge in [0.05, 0.1) is 12.2 Å². The summed E-state index contributed by atoms with van der Waals surface area (Å²) in [5, 5.41) is 29.2. The van der Waals surface area contributed by atoms with Crippen LogP contribution in [0.3, 0.4) is 0 Å². The molecule has 0 aliphatic heterocycles. The van der Waals surface area contributed by atoms with Crippen molar-refractivity contribution in [3.05, 3.63) is 12.2 Å². The predicted octanol–water partition coefficient (Wildman–Crippen LogP) is 4.15. The van der Waals surface area contributed by atoms with Crippen LogP contribution in [0.4, 0.5) is 0 Å². The highest BCUT2D eigenvalue weighted by atomic mass is 16.4. The quantitative estimate of drug-likeness (QED) is 0.385. The van der Waals surface area contributed by atoms with Gasteiger partial charge in [0.1, 0.15) is 0 Å². The Hall–Kier alpha value is -0.870. The number of carboxylic acid groups (broad SMARTS) is 1. The zero-order chi connectivity index (χ0) is 18.2. The normalized spacial score (nSPS) is 33.0. The molecule has 2 aliphatic rings. The molecule has 0 spiro atoms. The molecule has 0 aromatic heterocycles. The van der Waals surface area contributed by atoms with Gasteiger partial charge in [-0.05, 0) is 49.9 Å². The highest BCUT2D eigenvalue weighted by Crippen LogP contribution is 2.51. The molecular formula is C21H36O4. The van der Waals surface area contributed by atoms with Crippen molar-refractivity contribution in [1.29, 1.82) is 0 Å². The number of unbranched alkanes of at least 4 members (excludes halogenated alkanes) is 3. The number of aliphatic hydroxyl groups is 2. The first-order chi connectivity index (χ1) is 12.0. The first kappa shape index (κ1) is 20.4. The van der Waals surface area contributed by atoms with Crippen LogP contribution in [0.25, 0.3) is 0 Å². The second-order valence-corrected chi connectivity index (χ2v) is 8.23. The van der Waals surface area contributed by atoms with Crippen LogP contribution in [0.1, 0.15) is 77.6 Å². The van der Waals surface area contributed by atoms with E-state index in [2.05, 4.69) is 13.0 Å². The number of hydrogen-bond acceptors (Lipinski definition) is 3. The lowest BCUT2D eigenvalue weighted by molar-refractivity contribution is -0.137. The monoisotopic (exact) mass is 352 g/mol. The minimum Gasteiger partial charge on any atom is -0.481 e. The van der Waals surface area contributed by atoms with Gasteiger partial charge in [0.15, 0.2) is 0 Å². The molecule has 2 rings (SSSR count). The van der Waals surface area contributed by atoms with Gasteiger partial charge in [-0.15, -0.1) is 0 Å². The topological polar surface area (TPSA) is 77.8 Å². The van der Waals surface area contributed by atoms with Crippen LogP contribution in [-0.4, -0.2) is 33.5 Å². The Morgan fingerprint density at radius 2 is 1.96 bits per heavy atom. The molecule has 4 nitrogen and oxygen atoms in total. The number of hydrogen-bond donors (Lipinski definition) is 3. The molecule has 2 fully saturated rings. The first-order valence-corrected chi connectivity index (χ1v) is 10.3. The summed E-state index contributed by atoms with van der Waals surface area (Å²) >= 11 is 0. The first-order valence-electron chi connectivity index (χ1n) is 10.3. The summed E-state index contributed by atoms with van der Waals surface area (Å²) < 4.78 is 0. The van der Waals surface area contributed by atoms with Crippen LogP contribution in [0, 0.1) is 23.7 Å². The average molecular weight is 353 g/mol. The molecule has 0 amide bonds. The molecule has 25 heavy (non-hydrogen) atoms. The van der Waals surface area contributed by atoms with Gasteiger partial charge in [-0.2, -0.15) is 0 Å². The van der Waals surface area contributed by atoms with Crippen LogP contribution >= 0.6 is 0 Å². The van der Waals surface area contributed by atoms with Gasteiger partial charge in [-0.3, -0.25) is 4.79 Å². The third-order valence-electron chi connectivity index (χ3n) is 6.24. The average Bonchev–Trinajstić information content (AvgIpc) is 3.06. The molecule has 0 saturated heterocycles. The van der Waals surface area contributed by atoms with Crippen LogP contribution in [0.5, 0.6) is 0 Å². The fourth-order valence-electron chi connectivity index (χ4n) is 4.94. The van der Waals surface area contributed by atoms with Crippen LogP contribution < -0.4 is 0 Å². The maximum atomic E-state index is 10.6. The number of carboxylic acids is 1. The maximum Gasteiger partial charge on any atom is 0.303 e. The standard InChI is InChI=1S/C21H36O4/c1-2-3-4-8-17(22)10-11-18-19-13-15(7-5-6-9-21(24)25)12-16(19)14-20(18)23/h10-11,15-20,22-23H,2-9,12-14H2,1H3,(H,24,25)/t15?,16-,17?,18-,19+,20-/m0/s1. The summed E-state index contributed by atoms with van der Waals surface area (Å²) in [5.74, 6) is 1.32. The van der Waals surface area contributed by atoms with Gasteiger partial charge in [0, 0.05) is 12.3 Å². The molecule has 3 N–H and O–H groups in total. The third kappa shape index (κ3) is 6.41. The molecule has 0 bridgehead atoms. The molecule has 2 aliphatic carbocycles. The van der Waals surface area contributed by atoms with E-state index in [4.69, 9.17) is 5.11 Å². The van der Waals surface area contributed by atoms with Crippen molar-refractivity contribution in [3.63, 3.8) is 0 Å². The molecule has 144 valence electrons. The zero-order valence-corrected chi connectivity index (χ0v) is 15.6. The lowest BCUT2D eigenvalue weighted by atomic mass is 9.89. The fraction of sp³-hybridized carbons (Fsp3) is 0.857. The molecule has 0 aromatic rings. The van der Waals surface area contributed by atoms with E-state index in [0.29, 0.717) is 17.8 Å². The summed E-state index contributed by atoms with van der Waals surface area (Å²) in [6.07, 6.45) is 13.9. The molecule has 2 saturated carbocycles. The van der Waals surface area contributed by atoms with Crippen LogP contribution in [0.15, 0.2) is 12.2 Å². The Morgan fingerprint density at radius 3 is 2.68 bits per heavy atom. The lowest BCUT2D eigenvalue weighted by Crippen LogP contribution is -2.18. The van der Waals surface area contributed by atoms with Crippen molar-refractivity contribution in [2.24, 2.45) is 23.7 Å². The molecule has 0 radical (unpaired) electrons. The summed E-state index contributed by atoms with van der Waals surface area (Å²) in [4.78, 5) is 10.6. The van der Waals surface area contributed by atoms with Gasteiger partial charge >= 0.3 is 5.97 Å². The van der Waals surface area contributed by atoms with Crippen LogP contribution in [-0.2, 0) is 4.79 Å². The minimum absolute atomic E-state index is 0.190. The predicted molar refractivity (Wildman–Crippen MR) is 99.2 cm³/mol. The minimum atomic E-state index is -0.700. The summed E-state index contributed by atoms with van der Waals surface area (Å²) in [7, 11) is 0. The van der Waals surface area contributed by atoms with E-state index < -0.39 is 5.97 Å². The highest BCUT2D eigenvalue weighted by Gasteiger charge is 2.46. The van der Waals surface area contributed by atoms with E-state index in [1.54, 1.807) is 0 Å². The van der Waals surface area contributed by atoms with E-state index in [-0.39, 0.29) is 24.5 Å². The Labute approximate surface area is 152 Å². The SMILES string of the molecule is CCCCCC(O)C=C[C@H]1[C@@H]2CC(CCCCC(=O)O)C[C@H]2C[C@@H]1O. The van der Waals surface area contributed by atoms with E-state index in [9.17, 15) is 15.0 Å². The second-order valence-electron chi connectivity index (χ2n) is 8.23. The fourth-order valence-corrected chi connectivity index (χ4v) is 4.94. The van der Waals surface area contributed by atoms with Crippen LogP contribution in [0.2, 0.25) is 0 Å². The molecular weight excluding hydrogens is 316 g/mol. The van der Waals surface area contributed by atoms with E-state index in [0.717, 1.165) is 57.8 Å². The summed E-state index contributed by atoms with van der Waals surface area (Å²) in [5.41, 5.74) is 0. The molecule has 6 atom stereocenters. The van der Waals surface area contributed by atoms with E-state index in [1.165, 1.54) is 6.42 Å². The number of aliphatic carboxylic acids is 1. The largest absolute Gasteiger partial charge is 0.481 e. The maximum absolute atomic E-state index is 10.6. The summed E-state index contributed by atoms with van der Waals surface area (Å²) in [6.45, 7) is 2.16. The van der Waals surface area contributed by atoms with E-state index >= 15 is 0 Å². The van der Waals surface area contributed by atoms with Crippen molar-refractivity contribution in [2.45, 2.75) is 89.8 Å². The van der Waals surface area contributed by atoms with Gasteiger partial charge in [0.2, 0.25) is 0 Å². The third-order valence-corrected chi connectivity index (χ3v) is 6.24. The molecule has 4 heteroatoms. The Kier molecular flexibility index (Phi) is 8.44. The van der Waals surface area contributed by atoms with Crippen molar-refractivity contribution < 1.29 is 20.1 Å². The van der Waals surface area contributed by atoms with Crippen molar-refractivity contribution >= 4 is 5.97 Å². The van der Waals surface area contributed by atoms with Crippen molar-refractivity contribution in [3.8, 4) is 0 Å². The molecule has 2 unspecified atom stereocenters. The highest BCUT2D eigenvalue weighted by molar-refractivity contribution is 5.66. The smallest absolute Gasteiger partial charge is 0.303 e. The van der Waals surface area contributed by atoms with Gasteiger partial charge in [0.25, 0.3) is 0 Å². The second kappa shape index (κ2) is 10.3. The number of carbonyl (C=O) groups is 1. The molecule has 0 aromatic carbocycles. The Morgan fingerprint density at radius 1 is 1.16 bits per heavy atom. The number of aliphatic hydroxyl groups excluding tert-OH is 2. The van der Waals surface area contributed by atoms with Gasteiger partial charge < -0.3 is 15.3 Å². The number of rotatable bonds is 11. The van der Waals surface area contributed by atoms with Gasteiger partial charge in [-0.25, -0.2) is 0 Å². The van der Waals surface area contributed by atoms with Crippen molar-refractivity contribution in [2.75, 3.05) is 0 Å². The Bertz CT molecular complexity index is 434. The zero-order valence-electron chi connectivity index (χ0n) is 15.6. The van der Waals surface area contributed by atoms with Crippen molar-refractivity contribution in [1.82, 2.24) is 0 Å². The summed E-state index contributed by atoms with van der Waals surface area (Å²) in [6, 6.07) is 0. The van der Waals surface area contributed by atoms with Gasteiger partial charge in [-0.1, -0.05) is 51.2 Å². The number of fused-ring (bicyclic) bond motifs is 1.